The summed E-state index contributed by atoms with van der Waals surface area (Å²) < 4.78 is 1.39. The molecule has 0 saturated heterocycles. The minimum absolute atomic E-state index is 0.0177. The minimum atomic E-state index is -0.225. The molecule has 1 amide bonds. The van der Waals surface area contributed by atoms with Gasteiger partial charge in [-0.05, 0) is 24.6 Å². The lowest BCUT2D eigenvalue weighted by Gasteiger charge is -2.06. The fourth-order valence-corrected chi connectivity index (χ4v) is 1.54. The predicted molar refractivity (Wildman–Crippen MR) is 64.5 cm³/mol. The summed E-state index contributed by atoms with van der Waals surface area (Å²) in [5.74, 6) is -0.105. The van der Waals surface area contributed by atoms with Crippen LogP contribution in [0.25, 0.3) is 0 Å². The average Bonchev–Trinajstić information content (AvgIpc) is 2.76. The Balaban J connectivity index is 2.04. The van der Waals surface area contributed by atoms with Crippen LogP contribution in [0.2, 0.25) is 0 Å². The van der Waals surface area contributed by atoms with Crippen LogP contribution in [0.3, 0.4) is 0 Å². The zero-order chi connectivity index (χ0) is 13.0. The van der Waals surface area contributed by atoms with Crippen molar-refractivity contribution in [3.8, 4) is 6.07 Å². The summed E-state index contributed by atoms with van der Waals surface area (Å²) >= 11 is 0. The standard InChI is InChI=1S/C12H11N5O/c1-9-3-2-4-10(5-9)15-12(18)7-17-8-14-16-11(17)6-13/h2-5,8H,7H2,1H3,(H,15,18). The van der Waals surface area contributed by atoms with Crippen molar-refractivity contribution >= 4 is 11.6 Å². The number of benzene rings is 1. The average molecular weight is 241 g/mol. The molecule has 1 aromatic heterocycles. The van der Waals surface area contributed by atoms with E-state index in [1.807, 2.05) is 37.3 Å². The first-order valence-corrected chi connectivity index (χ1v) is 5.33. The summed E-state index contributed by atoms with van der Waals surface area (Å²) in [7, 11) is 0. The van der Waals surface area contributed by atoms with E-state index in [0.717, 1.165) is 11.3 Å². The second-order valence-electron chi connectivity index (χ2n) is 3.81. The molecule has 0 fully saturated rings. The first-order valence-electron chi connectivity index (χ1n) is 5.33. The molecule has 1 heterocycles. The Morgan fingerprint density at radius 2 is 2.39 bits per heavy atom. The molecule has 0 atom stereocenters. The number of nitrogens with zero attached hydrogens (tertiary/aromatic N) is 4. The Labute approximate surface area is 104 Å². The quantitative estimate of drug-likeness (QED) is 0.872. The van der Waals surface area contributed by atoms with E-state index in [2.05, 4.69) is 15.5 Å². The van der Waals surface area contributed by atoms with E-state index in [1.54, 1.807) is 0 Å². The fraction of sp³-hybridized carbons (Fsp3) is 0.167. The van der Waals surface area contributed by atoms with Gasteiger partial charge in [-0.1, -0.05) is 12.1 Å². The van der Waals surface area contributed by atoms with Crippen molar-refractivity contribution in [3.63, 3.8) is 0 Å². The molecule has 0 aliphatic rings. The fourth-order valence-electron chi connectivity index (χ4n) is 1.54. The van der Waals surface area contributed by atoms with Gasteiger partial charge in [0.05, 0.1) is 0 Å². The Bertz CT molecular complexity index is 611. The van der Waals surface area contributed by atoms with Crippen LogP contribution in [0, 0.1) is 18.3 Å². The maximum absolute atomic E-state index is 11.8. The van der Waals surface area contributed by atoms with E-state index in [0.29, 0.717) is 0 Å². The molecule has 0 spiro atoms. The third-order valence-electron chi connectivity index (χ3n) is 2.33. The number of aryl methyl sites for hydroxylation is 1. The van der Waals surface area contributed by atoms with Gasteiger partial charge in [-0.15, -0.1) is 10.2 Å². The van der Waals surface area contributed by atoms with Crippen molar-refractivity contribution in [1.82, 2.24) is 14.8 Å². The zero-order valence-electron chi connectivity index (χ0n) is 9.79. The van der Waals surface area contributed by atoms with Crippen LogP contribution in [0.15, 0.2) is 30.6 Å². The van der Waals surface area contributed by atoms with Crippen LogP contribution in [0.4, 0.5) is 5.69 Å². The third-order valence-corrected chi connectivity index (χ3v) is 2.33. The highest BCUT2D eigenvalue weighted by atomic mass is 16.1. The molecular formula is C12H11N5O. The Morgan fingerprint density at radius 1 is 1.56 bits per heavy atom. The molecule has 0 radical (unpaired) electrons. The van der Waals surface area contributed by atoms with Crippen molar-refractivity contribution in [3.05, 3.63) is 42.0 Å². The summed E-state index contributed by atoms with van der Waals surface area (Å²) in [6.07, 6.45) is 1.36. The molecule has 0 bridgehead atoms. The molecule has 0 aliphatic heterocycles. The van der Waals surface area contributed by atoms with Crippen molar-refractivity contribution in [2.45, 2.75) is 13.5 Å². The maximum Gasteiger partial charge on any atom is 0.244 e. The molecule has 2 rings (SSSR count). The van der Waals surface area contributed by atoms with Gasteiger partial charge < -0.3 is 5.32 Å². The van der Waals surface area contributed by atoms with E-state index >= 15 is 0 Å². The Morgan fingerprint density at radius 3 is 3.11 bits per heavy atom. The monoisotopic (exact) mass is 241 g/mol. The molecule has 2 aromatic rings. The van der Waals surface area contributed by atoms with Crippen LogP contribution in [0.1, 0.15) is 11.4 Å². The number of carbonyl (C=O) groups is 1. The topological polar surface area (TPSA) is 83.6 Å². The summed E-state index contributed by atoms with van der Waals surface area (Å²) in [6, 6.07) is 9.35. The minimum Gasteiger partial charge on any atom is -0.325 e. The van der Waals surface area contributed by atoms with Gasteiger partial charge in [0, 0.05) is 5.69 Å². The molecule has 1 N–H and O–H groups in total. The number of aromatic nitrogens is 3. The molecule has 0 aliphatic carbocycles. The SMILES string of the molecule is Cc1cccc(NC(=O)Cn2cnnc2C#N)c1. The molecular weight excluding hydrogens is 230 g/mol. The van der Waals surface area contributed by atoms with Crippen LogP contribution in [-0.4, -0.2) is 20.7 Å². The van der Waals surface area contributed by atoms with Crippen molar-refractivity contribution in [2.75, 3.05) is 5.32 Å². The number of rotatable bonds is 3. The van der Waals surface area contributed by atoms with Gasteiger partial charge >= 0.3 is 0 Å². The molecule has 90 valence electrons. The predicted octanol–water partition coefficient (Wildman–Crippen LogP) is 1.10. The number of hydrogen-bond acceptors (Lipinski definition) is 4. The molecule has 0 unspecified atom stereocenters. The molecule has 6 nitrogen and oxygen atoms in total. The first-order chi connectivity index (χ1) is 8.69. The molecule has 6 heteroatoms. The molecule has 1 aromatic carbocycles. The van der Waals surface area contributed by atoms with E-state index in [4.69, 9.17) is 5.26 Å². The van der Waals surface area contributed by atoms with Gasteiger partial charge in [-0.3, -0.25) is 9.36 Å². The summed E-state index contributed by atoms with van der Waals surface area (Å²) in [5, 5.41) is 18.6. The van der Waals surface area contributed by atoms with Gasteiger partial charge in [-0.2, -0.15) is 5.26 Å². The van der Waals surface area contributed by atoms with Gasteiger partial charge in [0.1, 0.15) is 18.9 Å². The van der Waals surface area contributed by atoms with Gasteiger partial charge in [-0.25, -0.2) is 0 Å². The Hall–Kier alpha value is -2.68. The lowest BCUT2D eigenvalue weighted by Crippen LogP contribution is -2.19. The summed E-state index contributed by atoms with van der Waals surface area (Å²) in [6.45, 7) is 1.97. The lowest BCUT2D eigenvalue weighted by molar-refractivity contribution is -0.116. The maximum atomic E-state index is 11.8. The van der Waals surface area contributed by atoms with Crippen LogP contribution in [-0.2, 0) is 11.3 Å². The van der Waals surface area contributed by atoms with E-state index < -0.39 is 0 Å². The summed E-state index contributed by atoms with van der Waals surface area (Å²) in [4.78, 5) is 11.8. The highest BCUT2D eigenvalue weighted by Gasteiger charge is 2.08. The number of hydrogen-bond donors (Lipinski definition) is 1. The lowest BCUT2D eigenvalue weighted by atomic mass is 10.2. The number of anilines is 1. The largest absolute Gasteiger partial charge is 0.325 e. The van der Waals surface area contributed by atoms with Crippen LogP contribution in [0.5, 0.6) is 0 Å². The Kier molecular flexibility index (Phi) is 3.34. The second-order valence-corrected chi connectivity index (χ2v) is 3.81. The number of nitrogens with one attached hydrogen (secondary N) is 1. The van der Waals surface area contributed by atoms with Crippen molar-refractivity contribution in [1.29, 1.82) is 5.26 Å². The van der Waals surface area contributed by atoms with E-state index in [1.165, 1.54) is 10.9 Å². The highest BCUT2D eigenvalue weighted by Crippen LogP contribution is 2.09. The second kappa shape index (κ2) is 5.10. The van der Waals surface area contributed by atoms with Gasteiger partial charge in [0.15, 0.2) is 0 Å². The van der Waals surface area contributed by atoms with E-state index in [-0.39, 0.29) is 18.3 Å². The summed E-state index contributed by atoms with van der Waals surface area (Å²) in [5.41, 5.74) is 1.79. The van der Waals surface area contributed by atoms with Gasteiger partial charge in [0.25, 0.3) is 0 Å². The number of carbonyl (C=O) groups excluding carboxylic acids is 1. The molecule has 0 saturated carbocycles. The van der Waals surface area contributed by atoms with Crippen LogP contribution >= 0.6 is 0 Å². The molecule has 18 heavy (non-hydrogen) atoms. The smallest absolute Gasteiger partial charge is 0.244 e. The number of nitriles is 1. The zero-order valence-corrected chi connectivity index (χ0v) is 9.79. The van der Waals surface area contributed by atoms with E-state index in [9.17, 15) is 4.79 Å². The van der Waals surface area contributed by atoms with Gasteiger partial charge in [0.2, 0.25) is 11.7 Å². The normalized spacial score (nSPS) is 9.78. The van der Waals surface area contributed by atoms with Crippen molar-refractivity contribution in [2.24, 2.45) is 0 Å². The highest BCUT2D eigenvalue weighted by molar-refractivity contribution is 5.90. The number of amides is 1. The first kappa shape index (κ1) is 11.8. The van der Waals surface area contributed by atoms with Crippen LogP contribution < -0.4 is 5.32 Å². The van der Waals surface area contributed by atoms with Crippen molar-refractivity contribution < 1.29 is 4.79 Å². The third kappa shape index (κ3) is 2.71.